The molecule has 0 spiro atoms. The third-order valence-corrected chi connectivity index (χ3v) is 10.4. The van der Waals surface area contributed by atoms with E-state index in [0.717, 1.165) is 74.6 Å². The Hall–Kier alpha value is -5.12. The number of hydrogen-bond donors (Lipinski definition) is 2. The number of halogens is 2. The molecular weight excluding hydrogens is 958 g/mol. The summed E-state index contributed by atoms with van der Waals surface area (Å²) in [5.41, 5.74) is 20.1. The minimum atomic E-state index is -0.0884. The molecule has 2 saturated heterocycles. The van der Waals surface area contributed by atoms with E-state index in [4.69, 9.17) is 21.5 Å². The highest BCUT2D eigenvalue weighted by Crippen LogP contribution is 2.28. The minimum absolute atomic E-state index is 0. The number of aliphatic imine (C=N–C) groups is 2. The topological polar surface area (TPSA) is 121 Å². The smallest absolute Gasteiger partial charge is 0.192 e. The molecule has 2 heterocycles. The van der Waals surface area contributed by atoms with Gasteiger partial charge in [-0.3, -0.25) is 0 Å². The lowest BCUT2D eigenvalue weighted by Gasteiger charge is -2.37. The van der Waals surface area contributed by atoms with Crippen LogP contribution in [0.4, 0.5) is 11.4 Å². The fourth-order valence-corrected chi connectivity index (χ4v) is 7.32. The van der Waals surface area contributed by atoms with Crippen LogP contribution in [0.1, 0.15) is 34.3 Å². The maximum absolute atomic E-state index is 6.47. The number of nitrogens with zero attached hydrogens (tertiary/aromatic N) is 6. The van der Waals surface area contributed by atoms with Crippen molar-refractivity contribution < 1.29 is 5.48 Å². The van der Waals surface area contributed by atoms with Crippen LogP contribution in [0.5, 0.6) is 0 Å². The van der Waals surface area contributed by atoms with Crippen LogP contribution >= 0.6 is 48.0 Å². The summed E-state index contributed by atoms with van der Waals surface area (Å²) in [6.07, 6.45) is 0. The van der Waals surface area contributed by atoms with Gasteiger partial charge in [-0.05, 0) is 46.5 Å². The van der Waals surface area contributed by atoms with Gasteiger partial charge in [-0.15, -0.1) is 48.0 Å². The molecular formula is C48H56I2N8O. The van der Waals surface area contributed by atoms with E-state index in [0.29, 0.717) is 11.9 Å². The fourth-order valence-electron chi connectivity index (χ4n) is 7.32. The number of para-hydroxylation sites is 2. The lowest BCUT2D eigenvalue weighted by molar-refractivity contribution is 0.380. The van der Waals surface area contributed by atoms with Crippen molar-refractivity contribution in [2.45, 2.75) is 12.1 Å². The maximum atomic E-state index is 6.47. The Bertz CT molecular complexity index is 1870. The standard InChI is InChI=1S/2C24H26N4.2HI.H2O/c2*25-24(28-18-16-27(17-19-28)22-14-8-3-9-15-22)26-23(20-10-4-1-5-11-20)21-12-6-2-7-13-21;;;/h2*1-15,23H,16-19H2,(H2,25,26);2*1H;1H2. The van der Waals surface area contributed by atoms with Gasteiger partial charge in [0.2, 0.25) is 0 Å². The Balaban J connectivity index is 0.000000248. The van der Waals surface area contributed by atoms with Crippen molar-refractivity contribution in [2.75, 3.05) is 62.2 Å². The van der Waals surface area contributed by atoms with Crippen molar-refractivity contribution in [3.05, 3.63) is 204 Å². The van der Waals surface area contributed by atoms with Gasteiger partial charge in [-0.2, -0.15) is 0 Å². The van der Waals surface area contributed by atoms with Crippen LogP contribution in [0, 0.1) is 0 Å². The quantitative estimate of drug-likeness (QED) is 0.0901. The summed E-state index contributed by atoms with van der Waals surface area (Å²) in [5.74, 6) is 1.23. The molecule has 0 aliphatic carbocycles. The molecule has 0 atom stereocenters. The number of nitrogens with two attached hydrogens (primary N) is 2. The highest BCUT2D eigenvalue weighted by atomic mass is 127. The third kappa shape index (κ3) is 12.9. The number of benzene rings is 6. The summed E-state index contributed by atoms with van der Waals surface area (Å²) in [6, 6.07) is 62.3. The van der Waals surface area contributed by atoms with Gasteiger partial charge in [0.05, 0.1) is 0 Å². The Morgan fingerprint density at radius 3 is 0.814 bits per heavy atom. The Morgan fingerprint density at radius 2 is 0.576 bits per heavy atom. The molecule has 0 radical (unpaired) electrons. The maximum Gasteiger partial charge on any atom is 0.192 e. The molecule has 0 saturated carbocycles. The first-order valence-electron chi connectivity index (χ1n) is 19.6. The molecule has 6 aromatic rings. The summed E-state index contributed by atoms with van der Waals surface area (Å²) in [6.45, 7) is 7.29. The minimum Gasteiger partial charge on any atom is -0.412 e. The number of anilines is 2. The molecule has 9 nitrogen and oxygen atoms in total. The molecule has 6 aromatic carbocycles. The van der Waals surface area contributed by atoms with Gasteiger partial charge in [0.15, 0.2) is 11.9 Å². The zero-order valence-corrected chi connectivity index (χ0v) is 37.9. The van der Waals surface area contributed by atoms with Crippen LogP contribution < -0.4 is 21.3 Å². The van der Waals surface area contributed by atoms with Gasteiger partial charge in [0.1, 0.15) is 12.1 Å². The number of piperazine rings is 2. The van der Waals surface area contributed by atoms with Crippen molar-refractivity contribution in [3.63, 3.8) is 0 Å². The largest absolute Gasteiger partial charge is 0.412 e. The predicted molar refractivity (Wildman–Crippen MR) is 268 cm³/mol. The van der Waals surface area contributed by atoms with Crippen LogP contribution in [0.3, 0.4) is 0 Å². The van der Waals surface area contributed by atoms with Crippen molar-refractivity contribution in [1.29, 1.82) is 0 Å². The second-order valence-electron chi connectivity index (χ2n) is 14.0. The lowest BCUT2D eigenvalue weighted by Crippen LogP contribution is -2.51. The van der Waals surface area contributed by atoms with Gasteiger partial charge in [0, 0.05) is 63.7 Å². The molecule has 2 aliphatic rings. The van der Waals surface area contributed by atoms with Crippen LogP contribution in [-0.2, 0) is 0 Å². The number of rotatable bonds is 8. The van der Waals surface area contributed by atoms with E-state index >= 15 is 0 Å². The monoisotopic (exact) mass is 1010 g/mol. The molecule has 11 heteroatoms. The molecule has 2 fully saturated rings. The first-order valence-corrected chi connectivity index (χ1v) is 19.6. The van der Waals surface area contributed by atoms with Gasteiger partial charge in [-0.1, -0.05) is 158 Å². The summed E-state index contributed by atoms with van der Waals surface area (Å²) in [5, 5.41) is 0. The van der Waals surface area contributed by atoms with Crippen molar-refractivity contribution in [2.24, 2.45) is 21.5 Å². The molecule has 0 amide bonds. The molecule has 59 heavy (non-hydrogen) atoms. The zero-order chi connectivity index (χ0) is 38.4. The molecule has 0 aromatic heterocycles. The van der Waals surface area contributed by atoms with Crippen molar-refractivity contribution in [3.8, 4) is 0 Å². The Morgan fingerprint density at radius 1 is 0.356 bits per heavy atom. The highest BCUT2D eigenvalue weighted by molar-refractivity contribution is 14.0. The van der Waals surface area contributed by atoms with E-state index < -0.39 is 0 Å². The number of guanidine groups is 2. The fraction of sp³-hybridized carbons (Fsp3) is 0.208. The Labute approximate surface area is 383 Å². The summed E-state index contributed by atoms with van der Waals surface area (Å²) in [7, 11) is 0. The van der Waals surface area contributed by atoms with Crippen LogP contribution in [0.2, 0.25) is 0 Å². The average Bonchev–Trinajstić information content (AvgIpc) is 3.29. The van der Waals surface area contributed by atoms with E-state index in [2.05, 4.69) is 177 Å². The Kier molecular flexibility index (Phi) is 19.0. The van der Waals surface area contributed by atoms with Gasteiger partial charge in [0.25, 0.3) is 0 Å². The van der Waals surface area contributed by atoms with E-state index in [1.807, 2.05) is 24.3 Å². The molecule has 6 N–H and O–H groups in total. The number of hydrogen-bond acceptors (Lipinski definition) is 4. The molecule has 0 unspecified atom stereocenters. The van der Waals surface area contributed by atoms with E-state index in [1.54, 1.807) is 0 Å². The van der Waals surface area contributed by atoms with E-state index in [1.165, 1.54) is 11.4 Å². The average molecular weight is 1010 g/mol. The molecule has 0 bridgehead atoms. The van der Waals surface area contributed by atoms with Crippen molar-refractivity contribution >= 4 is 71.2 Å². The normalized spacial score (nSPS) is 14.3. The van der Waals surface area contributed by atoms with E-state index in [9.17, 15) is 0 Å². The van der Waals surface area contributed by atoms with Crippen LogP contribution in [0.25, 0.3) is 0 Å². The SMILES string of the molecule is I.I.NC(=NC(c1ccccc1)c1ccccc1)N1CCN(c2ccccc2)CC1.NC(=NC(c1ccccc1)c1ccccc1)N1CCN(c2ccccc2)CC1.O. The first-order chi connectivity index (χ1) is 27.6. The second kappa shape index (κ2) is 24.1. The van der Waals surface area contributed by atoms with Crippen LogP contribution in [-0.4, -0.2) is 79.6 Å². The third-order valence-electron chi connectivity index (χ3n) is 10.4. The molecule has 8 rings (SSSR count). The summed E-state index contributed by atoms with van der Waals surface area (Å²) < 4.78 is 0. The van der Waals surface area contributed by atoms with Gasteiger partial charge >= 0.3 is 0 Å². The zero-order valence-electron chi connectivity index (χ0n) is 33.3. The van der Waals surface area contributed by atoms with Crippen LogP contribution in [0.15, 0.2) is 192 Å². The first kappa shape index (κ1) is 46.6. The van der Waals surface area contributed by atoms with Crippen molar-refractivity contribution in [1.82, 2.24) is 9.80 Å². The summed E-state index contributed by atoms with van der Waals surface area (Å²) >= 11 is 0. The van der Waals surface area contributed by atoms with Gasteiger partial charge in [-0.25, -0.2) is 9.98 Å². The molecule has 2 aliphatic heterocycles. The van der Waals surface area contributed by atoms with E-state index in [-0.39, 0.29) is 65.5 Å². The second-order valence-corrected chi connectivity index (χ2v) is 14.0. The molecule has 308 valence electrons. The highest BCUT2D eigenvalue weighted by Gasteiger charge is 2.22. The summed E-state index contributed by atoms with van der Waals surface area (Å²) in [4.78, 5) is 19.1. The van der Waals surface area contributed by atoms with Gasteiger partial charge < -0.3 is 36.5 Å². The predicted octanol–water partition coefficient (Wildman–Crippen LogP) is 8.24. The lowest BCUT2D eigenvalue weighted by atomic mass is 9.99.